The zero-order valence-corrected chi connectivity index (χ0v) is 34.3. The number of carbonyl (C=O) groups is 1. The van der Waals surface area contributed by atoms with Crippen molar-refractivity contribution in [3.63, 3.8) is 0 Å². The van der Waals surface area contributed by atoms with Crippen LogP contribution in [0.5, 0.6) is 0 Å². The summed E-state index contributed by atoms with van der Waals surface area (Å²) >= 11 is 7.97. The van der Waals surface area contributed by atoms with Crippen LogP contribution >= 0.6 is 17.2 Å². The zero-order valence-electron chi connectivity index (χ0n) is 32.6. The Labute approximate surface area is 320 Å². The molecule has 0 heterocycles. The van der Waals surface area contributed by atoms with Gasteiger partial charge in [-0.05, 0) is 31.1 Å². The van der Waals surface area contributed by atoms with Crippen LogP contribution in [-0.4, -0.2) is 48.5 Å². The summed E-state index contributed by atoms with van der Waals surface area (Å²) in [7, 11) is 0. The number of benzene rings is 3. The molecule has 7 heteroatoms. The van der Waals surface area contributed by atoms with E-state index in [-0.39, 0.29) is 5.91 Å². The second-order valence-electron chi connectivity index (χ2n) is 16.2. The molecule has 3 aromatic carbocycles. The number of hydrogen-bond donors (Lipinski definition) is 3. The molecule has 3 aromatic rings. The van der Waals surface area contributed by atoms with Gasteiger partial charge in [-0.2, -0.15) is 0 Å². The molecule has 3 N–H and O–H groups in total. The van der Waals surface area contributed by atoms with Gasteiger partial charge in [0.2, 0.25) is 0 Å². The van der Waals surface area contributed by atoms with Crippen molar-refractivity contribution in [1.29, 1.82) is 0 Å². The van der Waals surface area contributed by atoms with Crippen molar-refractivity contribution in [1.82, 2.24) is 10.6 Å². The first-order valence-electron chi connectivity index (χ1n) is 21.0. The summed E-state index contributed by atoms with van der Waals surface area (Å²) in [6.45, 7) is 6.86. The SMILES string of the molecule is CCCCP(Cl)(CCCC)(CCCC)Cc1ccc(NC(=O)C(Cc2ccc3ccccc3c2)NC(=NC2CCCCC2)NC2CCCCC2)cc1. The monoisotopic (exact) mass is 746 g/mol. The van der Waals surface area contributed by atoms with E-state index < -0.39 is 12.0 Å². The molecule has 2 aliphatic rings. The molecule has 1 amide bonds. The topological polar surface area (TPSA) is 65.5 Å². The number of guanidine groups is 1. The van der Waals surface area contributed by atoms with Gasteiger partial charge in [-0.1, -0.05) is 62.8 Å². The van der Waals surface area contributed by atoms with Crippen molar-refractivity contribution in [2.24, 2.45) is 4.99 Å². The second-order valence-corrected chi connectivity index (χ2v) is 24.4. The first kappa shape index (κ1) is 40.6. The van der Waals surface area contributed by atoms with Crippen molar-refractivity contribution in [3.8, 4) is 0 Å². The summed E-state index contributed by atoms with van der Waals surface area (Å²) in [5.74, 6) is -1.66. The average Bonchev–Trinajstić information content (AvgIpc) is 3.17. The number of hydrogen-bond acceptors (Lipinski definition) is 2. The minimum absolute atomic E-state index is 0.0338. The Morgan fingerprint density at radius 3 is 1.94 bits per heavy atom. The number of aliphatic imine (C=N–C) groups is 1. The van der Waals surface area contributed by atoms with Gasteiger partial charge in [0.25, 0.3) is 0 Å². The standard InChI is InChI=1S/C45H68ClN4OP/c1-4-7-30-52(46,31-8-5-2,32-9-6-3)35-36-25-28-42(29-26-36)47-44(51)43(34-37-24-27-38-18-16-17-19-39(38)33-37)50-45(48-40-20-12-10-13-21-40)49-41-22-14-11-15-23-41/h16-19,24-29,33,40-41,43H,4-15,20-23,30-32,34-35H2,1-3H3,(H,47,51)(H2,48,49,50). The number of halogens is 1. The number of amides is 1. The van der Waals surface area contributed by atoms with E-state index in [0.717, 1.165) is 49.1 Å². The van der Waals surface area contributed by atoms with Gasteiger partial charge >= 0.3 is 228 Å². The summed E-state index contributed by atoms with van der Waals surface area (Å²) in [6.07, 6.45) is 24.3. The predicted molar refractivity (Wildman–Crippen MR) is 230 cm³/mol. The van der Waals surface area contributed by atoms with Gasteiger partial charge in [-0.15, -0.1) is 0 Å². The molecule has 0 spiro atoms. The van der Waals surface area contributed by atoms with Crippen LogP contribution in [0.4, 0.5) is 5.69 Å². The summed E-state index contributed by atoms with van der Waals surface area (Å²) in [4.78, 5) is 19.6. The molecule has 2 aliphatic carbocycles. The first-order valence-corrected chi connectivity index (χ1v) is 24.9. The van der Waals surface area contributed by atoms with Gasteiger partial charge < -0.3 is 0 Å². The minimum atomic E-state index is -2.43. The van der Waals surface area contributed by atoms with Crippen LogP contribution in [0.25, 0.3) is 10.8 Å². The second kappa shape index (κ2) is 20.2. The van der Waals surface area contributed by atoms with Crippen molar-refractivity contribution >= 4 is 45.5 Å². The fourth-order valence-corrected chi connectivity index (χ4v) is 15.6. The Bertz CT molecular complexity index is 1540. The van der Waals surface area contributed by atoms with Crippen LogP contribution in [0.2, 0.25) is 0 Å². The molecular weight excluding hydrogens is 679 g/mol. The summed E-state index contributed by atoms with van der Waals surface area (Å²) < 4.78 is 0. The third-order valence-electron chi connectivity index (χ3n) is 11.7. The van der Waals surface area contributed by atoms with E-state index in [4.69, 9.17) is 16.2 Å². The molecule has 2 saturated carbocycles. The molecule has 0 saturated heterocycles. The summed E-state index contributed by atoms with van der Waals surface area (Å²) in [5.41, 5.74) is 3.27. The van der Waals surface area contributed by atoms with Crippen LogP contribution in [0.3, 0.4) is 0 Å². The third kappa shape index (κ3) is 12.2. The zero-order chi connectivity index (χ0) is 36.7. The molecule has 0 radical (unpaired) electrons. The van der Waals surface area contributed by atoms with Gasteiger partial charge in [-0.25, -0.2) is 0 Å². The molecule has 286 valence electrons. The molecule has 5 rings (SSSR count). The number of fused-ring (bicyclic) bond motifs is 1. The molecule has 0 aliphatic heterocycles. The molecule has 5 nitrogen and oxygen atoms in total. The Kier molecular flexibility index (Phi) is 15.7. The Balaban J connectivity index is 1.38. The van der Waals surface area contributed by atoms with E-state index in [1.807, 2.05) is 0 Å². The Hall–Kier alpha value is -2.62. The van der Waals surface area contributed by atoms with Gasteiger partial charge in [0.1, 0.15) is 0 Å². The third-order valence-corrected chi connectivity index (χ3v) is 19.1. The number of anilines is 1. The number of unbranched alkanes of at least 4 members (excludes halogenated alkanes) is 3. The molecule has 0 bridgehead atoms. The first-order chi connectivity index (χ1) is 25.3. The van der Waals surface area contributed by atoms with E-state index in [1.54, 1.807) is 0 Å². The Morgan fingerprint density at radius 2 is 1.33 bits per heavy atom. The van der Waals surface area contributed by atoms with E-state index in [0.29, 0.717) is 18.5 Å². The van der Waals surface area contributed by atoms with E-state index in [2.05, 4.69) is 103 Å². The fraction of sp³-hybridized carbons (Fsp3) is 0.600. The molecule has 52 heavy (non-hydrogen) atoms. The quantitative estimate of drug-likeness (QED) is 0.0690. The van der Waals surface area contributed by atoms with Gasteiger partial charge in [0, 0.05) is 0 Å². The van der Waals surface area contributed by atoms with Crippen molar-refractivity contribution in [2.45, 2.75) is 154 Å². The molecule has 2 fully saturated rings. The van der Waals surface area contributed by atoms with Crippen LogP contribution < -0.4 is 16.0 Å². The van der Waals surface area contributed by atoms with Crippen LogP contribution in [-0.2, 0) is 17.4 Å². The number of nitrogens with one attached hydrogen (secondary N) is 3. The van der Waals surface area contributed by atoms with Gasteiger partial charge in [0.15, 0.2) is 0 Å². The number of rotatable bonds is 18. The summed E-state index contributed by atoms with van der Waals surface area (Å²) in [6, 6.07) is 23.9. The summed E-state index contributed by atoms with van der Waals surface area (Å²) in [5, 5.41) is 13.2. The van der Waals surface area contributed by atoms with Crippen LogP contribution in [0.15, 0.2) is 71.7 Å². The average molecular weight is 747 g/mol. The van der Waals surface area contributed by atoms with Crippen LogP contribution in [0.1, 0.15) is 135 Å². The van der Waals surface area contributed by atoms with Crippen molar-refractivity contribution in [2.75, 3.05) is 23.8 Å². The predicted octanol–water partition coefficient (Wildman–Crippen LogP) is 12.2. The van der Waals surface area contributed by atoms with E-state index in [9.17, 15) is 4.79 Å². The van der Waals surface area contributed by atoms with Gasteiger partial charge in [-0.3, -0.25) is 0 Å². The molecule has 1 atom stereocenters. The number of carbonyl (C=O) groups excluding carboxylic acids is 1. The number of nitrogens with zero attached hydrogens (tertiary/aromatic N) is 1. The van der Waals surface area contributed by atoms with Crippen molar-refractivity contribution in [3.05, 3.63) is 77.9 Å². The van der Waals surface area contributed by atoms with E-state index >= 15 is 0 Å². The fourth-order valence-electron chi connectivity index (χ4n) is 8.54. The van der Waals surface area contributed by atoms with E-state index in [1.165, 1.54) is 112 Å². The van der Waals surface area contributed by atoms with Gasteiger partial charge in [0.05, 0.1) is 0 Å². The van der Waals surface area contributed by atoms with Crippen molar-refractivity contribution < 1.29 is 4.79 Å². The maximum absolute atomic E-state index is 14.3. The van der Waals surface area contributed by atoms with Crippen LogP contribution in [0, 0.1) is 0 Å². The normalized spacial score (nSPS) is 17.7. The molecule has 1 unspecified atom stereocenters. The molecular formula is C45H68ClN4OP. The maximum atomic E-state index is 14.3. The molecule has 0 aromatic heterocycles. The Morgan fingerprint density at radius 1 is 0.750 bits per heavy atom.